The zero-order chi connectivity index (χ0) is 21.9. The van der Waals surface area contributed by atoms with E-state index in [4.69, 9.17) is 11.6 Å². The van der Waals surface area contributed by atoms with E-state index in [1.165, 1.54) is 30.6 Å². The van der Waals surface area contributed by atoms with E-state index in [-0.39, 0.29) is 27.3 Å². The molecule has 30 heavy (non-hydrogen) atoms. The Labute approximate surface area is 182 Å². The van der Waals surface area contributed by atoms with Crippen LogP contribution in [0.25, 0.3) is 0 Å². The molecule has 0 atom stereocenters. The highest BCUT2D eigenvalue weighted by atomic mass is 35.5. The minimum Gasteiger partial charge on any atom is -0.289 e. The summed E-state index contributed by atoms with van der Waals surface area (Å²) in [7, 11) is -3.89. The minimum absolute atomic E-state index is 0.0456. The topological polar surface area (TPSA) is 76.1 Å². The highest BCUT2D eigenvalue weighted by molar-refractivity contribution is 7.92. The molecule has 1 aromatic heterocycles. The van der Waals surface area contributed by atoms with Crippen molar-refractivity contribution in [1.29, 1.82) is 0 Å². The number of carbonyl (C=O) groups is 1. The Morgan fingerprint density at radius 3 is 2.27 bits per heavy atom. The number of nitrogens with zero attached hydrogens (tertiary/aromatic N) is 1. The summed E-state index contributed by atoms with van der Waals surface area (Å²) in [5.74, 6) is -0.349. The zero-order valence-electron chi connectivity index (χ0n) is 17.0. The van der Waals surface area contributed by atoms with Gasteiger partial charge in [0.25, 0.3) is 10.0 Å². The lowest BCUT2D eigenvalue weighted by Gasteiger charge is -2.23. The van der Waals surface area contributed by atoms with Crippen molar-refractivity contribution >= 4 is 33.1 Å². The van der Waals surface area contributed by atoms with E-state index in [1.54, 1.807) is 24.3 Å². The van der Waals surface area contributed by atoms with Crippen molar-refractivity contribution in [2.75, 3.05) is 4.72 Å². The van der Waals surface area contributed by atoms with Crippen molar-refractivity contribution in [3.63, 3.8) is 0 Å². The fourth-order valence-corrected chi connectivity index (χ4v) is 4.20. The summed E-state index contributed by atoms with van der Waals surface area (Å²) in [5, 5.41) is 0.335. The van der Waals surface area contributed by atoms with Crippen LogP contribution in [0.1, 0.15) is 48.7 Å². The molecular formula is C23H23ClN2O3S. The number of anilines is 1. The normalized spacial score (nSPS) is 11.9. The molecule has 2 aromatic carbocycles. The molecule has 156 valence electrons. The second-order valence-electron chi connectivity index (χ2n) is 7.62. The zero-order valence-corrected chi connectivity index (χ0v) is 18.6. The average molecular weight is 443 g/mol. The first-order valence-corrected chi connectivity index (χ1v) is 11.4. The lowest BCUT2D eigenvalue weighted by Crippen LogP contribution is -2.18. The summed E-state index contributed by atoms with van der Waals surface area (Å²) in [6.45, 7) is 6.31. The monoisotopic (exact) mass is 442 g/mol. The van der Waals surface area contributed by atoms with Crippen LogP contribution in [-0.4, -0.2) is 19.2 Å². The molecule has 0 spiro atoms. The average Bonchev–Trinajstić information content (AvgIpc) is 2.75. The van der Waals surface area contributed by atoms with Crippen LogP contribution in [0.2, 0.25) is 5.02 Å². The molecular weight excluding hydrogens is 420 g/mol. The molecule has 0 aliphatic carbocycles. The summed E-state index contributed by atoms with van der Waals surface area (Å²) < 4.78 is 28.5. The molecule has 0 unspecified atom stereocenters. The molecule has 0 amide bonds. The summed E-state index contributed by atoms with van der Waals surface area (Å²) in [6.07, 6.45) is 3.94. The second-order valence-corrected chi connectivity index (χ2v) is 9.74. The van der Waals surface area contributed by atoms with Crippen LogP contribution in [0, 0.1) is 0 Å². The van der Waals surface area contributed by atoms with E-state index >= 15 is 0 Å². The minimum atomic E-state index is -3.89. The van der Waals surface area contributed by atoms with Crippen LogP contribution in [0.4, 0.5) is 5.69 Å². The van der Waals surface area contributed by atoms with Gasteiger partial charge in [-0.2, -0.15) is 0 Å². The first-order valence-electron chi connectivity index (χ1n) is 9.52. The van der Waals surface area contributed by atoms with Gasteiger partial charge in [-0.15, -0.1) is 0 Å². The van der Waals surface area contributed by atoms with E-state index in [0.29, 0.717) is 10.6 Å². The smallest absolute Gasteiger partial charge is 0.261 e. The first kappa shape index (κ1) is 22.0. The number of ketones is 1. The Kier molecular flexibility index (Phi) is 6.29. The Bertz CT molecular complexity index is 1160. The summed E-state index contributed by atoms with van der Waals surface area (Å²) in [6, 6.07) is 14.4. The molecule has 0 saturated heterocycles. The molecule has 0 bridgehead atoms. The number of hydrogen-bond acceptors (Lipinski definition) is 4. The number of carbonyl (C=O) groups excluding carboxylic acids is 1. The number of aromatic nitrogens is 1. The molecule has 7 heteroatoms. The third-order valence-electron chi connectivity index (χ3n) is 5.24. The second kappa shape index (κ2) is 8.58. The predicted octanol–water partition coefficient (Wildman–Crippen LogP) is 5.45. The maximum absolute atomic E-state index is 13.0. The third kappa shape index (κ3) is 4.71. The van der Waals surface area contributed by atoms with Gasteiger partial charge in [0.1, 0.15) is 0 Å². The van der Waals surface area contributed by atoms with Gasteiger partial charge < -0.3 is 0 Å². The van der Waals surface area contributed by atoms with Crippen LogP contribution in [0.15, 0.2) is 71.9 Å². The molecule has 3 rings (SSSR count). The molecule has 0 fully saturated rings. The third-order valence-corrected chi connectivity index (χ3v) is 6.86. The molecule has 0 radical (unpaired) electrons. The van der Waals surface area contributed by atoms with Gasteiger partial charge in [0.2, 0.25) is 0 Å². The summed E-state index contributed by atoms with van der Waals surface area (Å²) in [5.41, 5.74) is 1.73. The Balaban J connectivity index is 1.95. The number of sulfonamides is 1. The van der Waals surface area contributed by atoms with Gasteiger partial charge in [0.15, 0.2) is 5.78 Å². The maximum atomic E-state index is 13.0. The Morgan fingerprint density at radius 1 is 1.03 bits per heavy atom. The molecule has 3 aromatic rings. The van der Waals surface area contributed by atoms with Crippen molar-refractivity contribution in [2.45, 2.75) is 37.5 Å². The first-order chi connectivity index (χ1) is 14.1. The molecule has 0 aliphatic heterocycles. The van der Waals surface area contributed by atoms with Crippen LogP contribution in [0.5, 0.6) is 0 Å². The SMILES string of the molecule is CCC(C)(C)c1ccc(S(=O)(=O)Nc2ccc(Cl)cc2C(=O)c2ccncc2)cc1. The van der Waals surface area contributed by atoms with Gasteiger partial charge >= 0.3 is 0 Å². The number of pyridine rings is 1. The van der Waals surface area contributed by atoms with E-state index in [2.05, 4.69) is 30.5 Å². The lowest BCUT2D eigenvalue weighted by atomic mass is 9.82. The van der Waals surface area contributed by atoms with Crippen LogP contribution in [-0.2, 0) is 15.4 Å². The van der Waals surface area contributed by atoms with Gasteiger partial charge in [-0.25, -0.2) is 8.42 Å². The van der Waals surface area contributed by atoms with Crippen LogP contribution in [0.3, 0.4) is 0 Å². The van der Waals surface area contributed by atoms with Crippen LogP contribution >= 0.6 is 11.6 Å². The molecule has 1 heterocycles. The van der Waals surface area contributed by atoms with Crippen molar-refractivity contribution in [3.05, 3.63) is 88.7 Å². The van der Waals surface area contributed by atoms with Crippen molar-refractivity contribution in [1.82, 2.24) is 4.98 Å². The molecule has 0 aliphatic rings. The molecule has 0 saturated carbocycles. The van der Waals surface area contributed by atoms with Gasteiger partial charge in [-0.1, -0.05) is 44.5 Å². The fraction of sp³-hybridized carbons (Fsp3) is 0.217. The highest BCUT2D eigenvalue weighted by Crippen LogP contribution is 2.29. The Morgan fingerprint density at radius 2 is 1.67 bits per heavy atom. The number of benzene rings is 2. The highest BCUT2D eigenvalue weighted by Gasteiger charge is 2.22. The number of rotatable bonds is 7. The summed E-state index contributed by atoms with van der Waals surface area (Å²) in [4.78, 5) is 16.9. The molecule has 5 nitrogen and oxygen atoms in total. The fourth-order valence-electron chi connectivity index (χ4n) is 2.95. The lowest BCUT2D eigenvalue weighted by molar-refractivity contribution is 0.103. The van der Waals surface area contributed by atoms with Crippen molar-refractivity contribution in [2.24, 2.45) is 0 Å². The van der Waals surface area contributed by atoms with Crippen molar-refractivity contribution in [3.8, 4) is 0 Å². The largest absolute Gasteiger partial charge is 0.289 e. The van der Waals surface area contributed by atoms with Gasteiger partial charge in [-0.3, -0.25) is 14.5 Å². The number of hydrogen-bond donors (Lipinski definition) is 1. The van der Waals surface area contributed by atoms with Crippen LogP contribution < -0.4 is 4.72 Å². The summed E-state index contributed by atoms with van der Waals surface area (Å²) >= 11 is 6.07. The Hall–Kier alpha value is -2.70. The van der Waals surface area contributed by atoms with E-state index < -0.39 is 10.0 Å². The van der Waals surface area contributed by atoms with E-state index in [1.807, 2.05) is 12.1 Å². The quantitative estimate of drug-likeness (QED) is 0.493. The van der Waals surface area contributed by atoms with Crippen molar-refractivity contribution < 1.29 is 13.2 Å². The number of nitrogens with one attached hydrogen (secondary N) is 1. The maximum Gasteiger partial charge on any atom is 0.261 e. The number of halogens is 1. The predicted molar refractivity (Wildman–Crippen MR) is 120 cm³/mol. The van der Waals surface area contributed by atoms with Gasteiger partial charge in [0, 0.05) is 28.5 Å². The van der Waals surface area contributed by atoms with Gasteiger partial charge in [-0.05, 0) is 59.9 Å². The van der Waals surface area contributed by atoms with E-state index in [0.717, 1.165) is 12.0 Å². The van der Waals surface area contributed by atoms with E-state index in [9.17, 15) is 13.2 Å². The molecule has 1 N–H and O–H groups in total. The van der Waals surface area contributed by atoms with Gasteiger partial charge in [0.05, 0.1) is 10.6 Å². The standard InChI is InChI=1S/C23H23ClN2O3S/c1-4-23(2,3)17-5-8-19(9-6-17)30(28,29)26-21-10-7-18(24)15-20(21)22(27)16-11-13-25-14-12-16/h5-15,26H,4H2,1-3H3.